The van der Waals surface area contributed by atoms with E-state index in [1.807, 2.05) is 13.0 Å². The molecule has 1 saturated heterocycles. The zero-order valence-electron chi connectivity index (χ0n) is 14.0. The van der Waals surface area contributed by atoms with Crippen molar-refractivity contribution in [1.29, 1.82) is 0 Å². The summed E-state index contributed by atoms with van der Waals surface area (Å²) in [7, 11) is 0. The van der Waals surface area contributed by atoms with Gasteiger partial charge in [0, 0.05) is 18.5 Å². The summed E-state index contributed by atoms with van der Waals surface area (Å²) in [6.45, 7) is 3.46. The Hall–Kier alpha value is -2.64. The highest BCUT2D eigenvalue weighted by Crippen LogP contribution is 2.22. The van der Waals surface area contributed by atoms with Crippen molar-refractivity contribution in [3.05, 3.63) is 48.8 Å². The monoisotopic (exact) mass is 343 g/mol. The minimum atomic E-state index is -0.291. The third-order valence-electron chi connectivity index (χ3n) is 3.71. The maximum atomic E-state index is 12.1. The van der Waals surface area contributed by atoms with E-state index in [1.54, 1.807) is 42.7 Å². The van der Waals surface area contributed by atoms with Gasteiger partial charge in [0.15, 0.2) is 0 Å². The van der Waals surface area contributed by atoms with Crippen LogP contribution in [0.3, 0.4) is 0 Å². The molecule has 0 spiro atoms. The maximum absolute atomic E-state index is 12.1. The average molecular weight is 343 g/mol. The molecule has 2 aromatic rings. The Balaban J connectivity index is 1.51. The lowest BCUT2D eigenvalue weighted by molar-refractivity contribution is 0.0428. The van der Waals surface area contributed by atoms with Gasteiger partial charge in [-0.1, -0.05) is 0 Å². The van der Waals surface area contributed by atoms with E-state index < -0.39 is 0 Å². The molecule has 0 unspecified atom stereocenters. The molecule has 2 atom stereocenters. The largest absolute Gasteiger partial charge is 0.456 e. The second-order valence-electron chi connectivity index (χ2n) is 5.55. The smallest absolute Gasteiger partial charge is 0.319 e. The fourth-order valence-electron chi connectivity index (χ4n) is 2.53. The van der Waals surface area contributed by atoms with Crippen LogP contribution in [0.4, 0.5) is 10.5 Å². The van der Waals surface area contributed by atoms with Crippen LogP contribution < -0.4 is 15.4 Å². The molecule has 1 fully saturated rings. The summed E-state index contributed by atoms with van der Waals surface area (Å²) in [4.78, 5) is 16.1. The van der Waals surface area contributed by atoms with Crippen molar-refractivity contribution in [1.82, 2.24) is 10.3 Å². The van der Waals surface area contributed by atoms with Crippen molar-refractivity contribution >= 4 is 11.7 Å². The molecule has 1 aliphatic heterocycles. The lowest BCUT2D eigenvalue weighted by Gasteiger charge is -2.19. The van der Waals surface area contributed by atoms with Crippen molar-refractivity contribution in [3.63, 3.8) is 0 Å². The second kappa shape index (κ2) is 8.46. The van der Waals surface area contributed by atoms with E-state index in [-0.39, 0.29) is 18.2 Å². The lowest BCUT2D eigenvalue weighted by atomic mass is 10.2. The molecule has 1 aromatic carbocycles. The van der Waals surface area contributed by atoms with E-state index in [2.05, 4.69) is 15.6 Å². The van der Waals surface area contributed by atoms with E-state index in [9.17, 15) is 4.79 Å². The molecular formula is C18H21N3O4. The first kappa shape index (κ1) is 17.2. The molecule has 0 bridgehead atoms. The van der Waals surface area contributed by atoms with Gasteiger partial charge in [0.25, 0.3) is 0 Å². The number of urea groups is 1. The molecule has 0 saturated carbocycles. The highest BCUT2D eigenvalue weighted by molar-refractivity contribution is 5.89. The quantitative estimate of drug-likeness (QED) is 0.843. The van der Waals surface area contributed by atoms with Crippen LogP contribution in [0.5, 0.6) is 11.5 Å². The zero-order valence-corrected chi connectivity index (χ0v) is 14.0. The summed E-state index contributed by atoms with van der Waals surface area (Å²) in [6.07, 6.45) is 3.22. The number of nitrogens with zero attached hydrogens (tertiary/aromatic N) is 1. The fraction of sp³-hybridized carbons (Fsp3) is 0.333. The van der Waals surface area contributed by atoms with Gasteiger partial charge >= 0.3 is 6.03 Å². The standard InChI is InChI=1S/C18H21N3O4/c1-2-24-17-12-23-11-16(17)21-18(22)20-13-5-7-14(8-6-13)25-15-4-3-9-19-10-15/h3-10,16-17H,2,11-12H2,1H3,(H2,20,21,22)/t16-,17-/m0/s1. The van der Waals surface area contributed by atoms with Crippen LogP contribution in [0.25, 0.3) is 0 Å². The van der Waals surface area contributed by atoms with Gasteiger partial charge < -0.3 is 24.8 Å². The Morgan fingerprint density at radius 1 is 1.24 bits per heavy atom. The molecule has 3 rings (SSSR count). The highest BCUT2D eigenvalue weighted by Gasteiger charge is 2.29. The Morgan fingerprint density at radius 3 is 2.80 bits per heavy atom. The van der Waals surface area contributed by atoms with Crippen molar-refractivity contribution < 1.29 is 19.0 Å². The van der Waals surface area contributed by atoms with Crippen LogP contribution in [-0.4, -0.2) is 43.0 Å². The number of ether oxygens (including phenoxy) is 3. The van der Waals surface area contributed by atoms with Gasteiger partial charge in [-0.15, -0.1) is 0 Å². The molecule has 1 aliphatic rings. The van der Waals surface area contributed by atoms with Crippen molar-refractivity contribution in [2.24, 2.45) is 0 Å². The minimum absolute atomic E-state index is 0.106. The summed E-state index contributed by atoms with van der Waals surface area (Å²) in [6, 6.07) is 10.3. The van der Waals surface area contributed by atoms with Crippen LogP contribution in [-0.2, 0) is 9.47 Å². The fourth-order valence-corrected chi connectivity index (χ4v) is 2.53. The Bertz CT molecular complexity index is 678. The van der Waals surface area contributed by atoms with Crippen molar-refractivity contribution in [3.8, 4) is 11.5 Å². The van der Waals surface area contributed by atoms with E-state index >= 15 is 0 Å². The van der Waals surface area contributed by atoms with Gasteiger partial charge in [-0.05, 0) is 43.3 Å². The molecule has 132 valence electrons. The Morgan fingerprint density at radius 2 is 2.08 bits per heavy atom. The number of amides is 2. The van der Waals surface area contributed by atoms with Crippen molar-refractivity contribution in [2.45, 2.75) is 19.1 Å². The Kier molecular flexibility index (Phi) is 5.81. The second-order valence-corrected chi connectivity index (χ2v) is 5.55. The predicted octanol–water partition coefficient (Wildman–Crippen LogP) is 2.80. The lowest BCUT2D eigenvalue weighted by Crippen LogP contribution is -2.45. The highest BCUT2D eigenvalue weighted by atomic mass is 16.5. The third kappa shape index (κ3) is 4.91. The number of aromatic nitrogens is 1. The maximum Gasteiger partial charge on any atom is 0.319 e. The van der Waals surface area contributed by atoms with E-state index in [1.165, 1.54) is 0 Å². The minimum Gasteiger partial charge on any atom is -0.456 e. The Labute approximate surface area is 146 Å². The number of carbonyl (C=O) groups is 1. The molecule has 2 amide bonds. The first-order chi connectivity index (χ1) is 12.2. The van der Waals surface area contributed by atoms with Crippen molar-refractivity contribution in [2.75, 3.05) is 25.1 Å². The van der Waals surface area contributed by atoms with Gasteiger partial charge in [-0.2, -0.15) is 0 Å². The van der Waals surface area contributed by atoms with Gasteiger partial charge in [-0.25, -0.2) is 4.79 Å². The molecule has 2 N–H and O–H groups in total. The van der Waals surface area contributed by atoms with Crippen LogP contribution in [0.1, 0.15) is 6.92 Å². The van der Waals surface area contributed by atoms with Gasteiger partial charge in [0.2, 0.25) is 0 Å². The van der Waals surface area contributed by atoms with Crippen LogP contribution in [0, 0.1) is 0 Å². The topological polar surface area (TPSA) is 81.7 Å². The van der Waals surface area contributed by atoms with E-state index in [4.69, 9.17) is 14.2 Å². The van der Waals surface area contributed by atoms with Gasteiger partial charge in [-0.3, -0.25) is 4.98 Å². The SMILES string of the molecule is CCO[C@H]1COC[C@@H]1NC(=O)Nc1ccc(Oc2cccnc2)cc1. The molecule has 0 aliphatic carbocycles. The number of anilines is 1. The normalized spacial score (nSPS) is 19.4. The number of nitrogens with one attached hydrogen (secondary N) is 2. The molecule has 1 aromatic heterocycles. The molecular weight excluding hydrogens is 322 g/mol. The van der Waals surface area contributed by atoms with Crippen LogP contribution >= 0.6 is 0 Å². The van der Waals surface area contributed by atoms with Gasteiger partial charge in [0.1, 0.15) is 17.6 Å². The number of benzene rings is 1. The number of rotatable bonds is 6. The first-order valence-electron chi connectivity index (χ1n) is 8.19. The third-order valence-corrected chi connectivity index (χ3v) is 3.71. The van der Waals surface area contributed by atoms with E-state index in [0.29, 0.717) is 37.0 Å². The molecule has 0 radical (unpaired) electrons. The van der Waals surface area contributed by atoms with Crippen LogP contribution in [0.2, 0.25) is 0 Å². The predicted molar refractivity (Wildman–Crippen MR) is 92.9 cm³/mol. The van der Waals surface area contributed by atoms with Gasteiger partial charge in [0.05, 0.1) is 25.5 Å². The summed E-state index contributed by atoms with van der Waals surface area (Å²) in [5.74, 6) is 1.32. The summed E-state index contributed by atoms with van der Waals surface area (Å²) in [5, 5.41) is 5.67. The summed E-state index contributed by atoms with van der Waals surface area (Å²) < 4.78 is 16.6. The number of hydrogen-bond acceptors (Lipinski definition) is 5. The summed E-state index contributed by atoms with van der Waals surface area (Å²) in [5.41, 5.74) is 0.669. The number of hydrogen-bond donors (Lipinski definition) is 2. The molecule has 7 nitrogen and oxygen atoms in total. The molecule has 2 heterocycles. The first-order valence-corrected chi connectivity index (χ1v) is 8.19. The molecule has 25 heavy (non-hydrogen) atoms. The molecule has 7 heteroatoms. The average Bonchev–Trinajstić information content (AvgIpc) is 3.05. The zero-order chi connectivity index (χ0) is 17.5. The number of carbonyl (C=O) groups excluding carboxylic acids is 1. The van der Waals surface area contributed by atoms with E-state index in [0.717, 1.165) is 0 Å². The van der Waals surface area contributed by atoms with Crippen LogP contribution in [0.15, 0.2) is 48.8 Å². The summed E-state index contributed by atoms with van der Waals surface area (Å²) >= 11 is 0. The number of pyridine rings is 1.